The SMILES string of the molecule is C=C(c1ccc(C)c(-c2ccc(N3CCCCC3)nc2)c1)N1CCC(c2ccccc2)CC1.NC=O. The Bertz CT molecular complexity index is 1130. The van der Waals surface area contributed by atoms with Crippen LogP contribution in [0.4, 0.5) is 5.82 Å². The number of aryl methyl sites for hydroxylation is 1. The number of nitrogens with zero attached hydrogens (tertiary/aromatic N) is 3. The second kappa shape index (κ2) is 12.4. The zero-order chi connectivity index (χ0) is 25.3. The number of anilines is 1. The van der Waals surface area contributed by atoms with E-state index in [1.807, 2.05) is 6.20 Å². The summed E-state index contributed by atoms with van der Waals surface area (Å²) >= 11 is 0. The van der Waals surface area contributed by atoms with E-state index in [0.717, 1.165) is 37.7 Å². The van der Waals surface area contributed by atoms with Crippen molar-refractivity contribution in [3.05, 3.63) is 90.1 Å². The van der Waals surface area contributed by atoms with Crippen LogP contribution in [0.25, 0.3) is 16.8 Å². The highest BCUT2D eigenvalue weighted by Crippen LogP contribution is 2.33. The molecule has 2 aliphatic heterocycles. The maximum Gasteiger partial charge on any atom is 0.204 e. The van der Waals surface area contributed by atoms with E-state index in [1.165, 1.54) is 59.9 Å². The lowest BCUT2D eigenvalue weighted by Gasteiger charge is -2.35. The van der Waals surface area contributed by atoms with Gasteiger partial charge >= 0.3 is 0 Å². The number of likely N-dealkylation sites (tertiary alicyclic amines) is 1. The number of aromatic nitrogens is 1. The van der Waals surface area contributed by atoms with E-state index in [0.29, 0.717) is 5.92 Å². The van der Waals surface area contributed by atoms with Gasteiger partial charge in [-0.15, -0.1) is 0 Å². The third kappa shape index (κ3) is 6.14. The monoisotopic (exact) mass is 482 g/mol. The summed E-state index contributed by atoms with van der Waals surface area (Å²) in [5.41, 5.74) is 11.7. The smallest absolute Gasteiger partial charge is 0.204 e. The number of amides is 1. The molecule has 5 nitrogen and oxygen atoms in total. The first-order valence-electron chi connectivity index (χ1n) is 13.1. The molecule has 0 radical (unpaired) electrons. The number of hydrogen-bond acceptors (Lipinski definition) is 4. The molecule has 188 valence electrons. The molecule has 0 spiro atoms. The second-order valence-electron chi connectivity index (χ2n) is 9.74. The van der Waals surface area contributed by atoms with Gasteiger partial charge in [0.05, 0.1) is 0 Å². The van der Waals surface area contributed by atoms with Crippen molar-refractivity contribution >= 4 is 17.9 Å². The lowest BCUT2D eigenvalue weighted by atomic mass is 9.89. The van der Waals surface area contributed by atoms with Crippen LogP contribution in [0.1, 0.15) is 54.7 Å². The first-order valence-corrected chi connectivity index (χ1v) is 13.1. The highest BCUT2D eigenvalue weighted by molar-refractivity contribution is 5.73. The average Bonchev–Trinajstić information content (AvgIpc) is 2.95. The number of rotatable bonds is 5. The van der Waals surface area contributed by atoms with Crippen LogP contribution < -0.4 is 10.6 Å². The maximum atomic E-state index is 8.58. The van der Waals surface area contributed by atoms with Crippen molar-refractivity contribution in [3.8, 4) is 11.1 Å². The summed E-state index contributed by atoms with van der Waals surface area (Å²) < 4.78 is 0. The maximum absolute atomic E-state index is 8.58. The number of piperidine rings is 2. The Morgan fingerprint density at radius 2 is 1.67 bits per heavy atom. The quantitative estimate of drug-likeness (QED) is 0.453. The van der Waals surface area contributed by atoms with Crippen molar-refractivity contribution in [2.75, 3.05) is 31.1 Å². The first kappa shape index (κ1) is 25.5. The van der Waals surface area contributed by atoms with Crippen molar-refractivity contribution in [2.24, 2.45) is 5.73 Å². The summed E-state index contributed by atoms with van der Waals surface area (Å²) in [7, 11) is 0. The second-order valence-corrected chi connectivity index (χ2v) is 9.74. The zero-order valence-electron chi connectivity index (χ0n) is 21.4. The molecule has 3 aromatic rings. The lowest BCUT2D eigenvalue weighted by Crippen LogP contribution is -2.31. The number of nitrogens with two attached hydrogens (primary N) is 1. The van der Waals surface area contributed by atoms with Crippen LogP contribution in [0.2, 0.25) is 0 Å². The molecule has 0 atom stereocenters. The molecule has 36 heavy (non-hydrogen) atoms. The van der Waals surface area contributed by atoms with Crippen molar-refractivity contribution in [2.45, 2.75) is 44.9 Å². The average molecular weight is 483 g/mol. The Labute approximate surface area is 215 Å². The predicted molar refractivity (Wildman–Crippen MR) is 150 cm³/mol. The standard InChI is InChI=1S/C30H35N3.CH3NO/c1-23-11-12-27(24(2)32-19-15-26(16-20-32)25-9-5-3-6-10-25)21-29(23)28-13-14-30(31-22-28)33-17-7-4-8-18-33;2-1-3/h3,5-6,9-14,21-22,26H,2,4,7-8,15-20H2,1H3;1H,(H2,2,3). The largest absolute Gasteiger partial charge is 0.372 e. The van der Waals surface area contributed by atoms with Gasteiger partial charge in [0, 0.05) is 43.6 Å². The van der Waals surface area contributed by atoms with E-state index < -0.39 is 0 Å². The van der Waals surface area contributed by atoms with E-state index >= 15 is 0 Å². The van der Waals surface area contributed by atoms with E-state index in [9.17, 15) is 0 Å². The van der Waals surface area contributed by atoms with Gasteiger partial charge in [-0.05, 0) is 85.4 Å². The number of carbonyl (C=O) groups excluding carboxylic acids is 1. The Morgan fingerprint density at radius 3 is 2.31 bits per heavy atom. The molecule has 2 aliphatic rings. The normalized spacial score (nSPS) is 16.1. The van der Waals surface area contributed by atoms with Gasteiger partial charge in [0.25, 0.3) is 0 Å². The summed E-state index contributed by atoms with van der Waals surface area (Å²) in [6, 6.07) is 22.1. The Morgan fingerprint density at radius 1 is 0.972 bits per heavy atom. The topological polar surface area (TPSA) is 62.5 Å². The molecule has 0 aliphatic carbocycles. The first-order chi connectivity index (χ1) is 17.6. The lowest BCUT2D eigenvalue weighted by molar-refractivity contribution is -0.106. The minimum Gasteiger partial charge on any atom is -0.372 e. The van der Waals surface area contributed by atoms with Crippen molar-refractivity contribution in [1.82, 2.24) is 9.88 Å². The number of primary amides is 1. The van der Waals surface area contributed by atoms with Crippen molar-refractivity contribution in [3.63, 3.8) is 0 Å². The predicted octanol–water partition coefficient (Wildman–Crippen LogP) is 6.00. The molecule has 2 saturated heterocycles. The summed E-state index contributed by atoms with van der Waals surface area (Å²) in [4.78, 5) is 18.3. The fourth-order valence-corrected chi connectivity index (χ4v) is 5.36. The van der Waals surface area contributed by atoms with Crippen LogP contribution in [0.3, 0.4) is 0 Å². The van der Waals surface area contributed by atoms with Crippen molar-refractivity contribution < 1.29 is 4.79 Å². The van der Waals surface area contributed by atoms with Gasteiger partial charge in [-0.2, -0.15) is 0 Å². The minimum atomic E-state index is 0.250. The summed E-state index contributed by atoms with van der Waals surface area (Å²) in [5.74, 6) is 1.77. The minimum absolute atomic E-state index is 0.250. The van der Waals surface area contributed by atoms with Gasteiger partial charge in [0.1, 0.15) is 5.82 Å². The third-order valence-electron chi connectivity index (χ3n) is 7.46. The fourth-order valence-electron chi connectivity index (χ4n) is 5.36. The number of carbonyl (C=O) groups is 1. The van der Waals surface area contributed by atoms with Crippen LogP contribution in [0.15, 0.2) is 73.4 Å². The molecule has 0 saturated carbocycles. The van der Waals surface area contributed by atoms with Gasteiger partial charge in [-0.3, -0.25) is 4.79 Å². The molecular formula is C31H38N4O. The molecular weight excluding hydrogens is 444 g/mol. The van der Waals surface area contributed by atoms with E-state index in [2.05, 4.69) is 89.7 Å². The molecule has 0 unspecified atom stereocenters. The molecule has 1 aromatic heterocycles. The van der Waals surface area contributed by atoms with Gasteiger partial charge < -0.3 is 15.5 Å². The van der Waals surface area contributed by atoms with Crippen LogP contribution in [0.5, 0.6) is 0 Å². The Kier molecular flexibility index (Phi) is 8.77. The number of hydrogen-bond donors (Lipinski definition) is 1. The number of pyridine rings is 1. The molecule has 0 bridgehead atoms. The van der Waals surface area contributed by atoms with Gasteiger partial charge in [0.2, 0.25) is 6.41 Å². The summed E-state index contributed by atoms with van der Waals surface area (Å²) in [5, 5.41) is 0. The fraction of sp³-hybridized carbons (Fsp3) is 0.355. The van der Waals surface area contributed by atoms with Gasteiger partial charge in [-0.1, -0.05) is 49.0 Å². The van der Waals surface area contributed by atoms with E-state index in [1.54, 1.807) is 0 Å². The van der Waals surface area contributed by atoms with Crippen LogP contribution in [0, 0.1) is 6.92 Å². The molecule has 1 amide bonds. The Hall–Kier alpha value is -3.60. The highest BCUT2D eigenvalue weighted by Gasteiger charge is 2.22. The molecule has 3 heterocycles. The molecule has 5 rings (SSSR count). The van der Waals surface area contributed by atoms with Gasteiger partial charge in [-0.25, -0.2) is 4.98 Å². The van der Waals surface area contributed by atoms with Crippen molar-refractivity contribution in [1.29, 1.82) is 0 Å². The highest BCUT2D eigenvalue weighted by atomic mass is 16.1. The molecule has 2 N–H and O–H groups in total. The van der Waals surface area contributed by atoms with E-state index in [4.69, 9.17) is 9.78 Å². The van der Waals surface area contributed by atoms with Crippen LogP contribution in [-0.4, -0.2) is 42.5 Å². The number of benzene rings is 2. The molecule has 5 heteroatoms. The third-order valence-corrected chi connectivity index (χ3v) is 7.46. The summed E-state index contributed by atoms with van der Waals surface area (Å²) in [6.45, 7) is 11.1. The molecule has 2 fully saturated rings. The zero-order valence-corrected chi connectivity index (χ0v) is 21.4. The van der Waals surface area contributed by atoms with Gasteiger partial charge in [0.15, 0.2) is 0 Å². The summed E-state index contributed by atoms with van der Waals surface area (Å²) in [6.07, 6.45) is 8.55. The molecule has 2 aromatic carbocycles. The van der Waals surface area contributed by atoms with Crippen LogP contribution in [-0.2, 0) is 4.79 Å². The van der Waals surface area contributed by atoms with Crippen LogP contribution >= 0.6 is 0 Å². The van der Waals surface area contributed by atoms with E-state index in [-0.39, 0.29) is 6.41 Å². The Balaban J connectivity index is 0.000000967.